The maximum Gasteiger partial charge on any atom is 0.271 e. The van der Waals surface area contributed by atoms with Crippen molar-refractivity contribution < 1.29 is 4.79 Å². The van der Waals surface area contributed by atoms with Crippen LogP contribution in [-0.2, 0) is 0 Å². The fourth-order valence-electron chi connectivity index (χ4n) is 2.74. The molecule has 0 fully saturated rings. The molecule has 0 aliphatic heterocycles. The lowest BCUT2D eigenvalue weighted by Crippen LogP contribution is -2.21. The van der Waals surface area contributed by atoms with Crippen LogP contribution < -0.4 is 16.0 Å². The molecule has 6 nitrogen and oxygen atoms in total. The van der Waals surface area contributed by atoms with Crippen molar-refractivity contribution in [3.8, 4) is 0 Å². The summed E-state index contributed by atoms with van der Waals surface area (Å²) >= 11 is 0. The van der Waals surface area contributed by atoms with Gasteiger partial charge in [-0.25, -0.2) is 9.97 Å². The van der Waals surface area contributed by atoms with E-state index in [1.54, 1.807) is 6.07 Å². The van der Waals surface area contributed by atoms with E-state index >= 15 is 0 Å². The Kier molecular flexibility index (Phi) is 4.79. The van der Waals surface area contributed by atoms with E-state index in [0.29, 0.717) is 16.9 Å². The third-order valence-electron chi connectivity index (χ3n) is 4.06. The van der Waals surface area contributed by atoms with E-state index in [-0.39, 0.29) is 5.69 Å². The van der Waals surface area contributed by atoms with E-state index in [1.807, 2.05) is 42.5 Å². The summed E-state index contributed by atoms with van der Waals surface area (Å²) < 4.78 is 0. The Hall–Kier alpha value is -3.15. The van der Waals surface area contributed by atoms with Crippen molar-refractivity contribution >= 4 is 34.1 Å². The third-order valence-corrected chi connectivity index (χ3v) is 4.06. The zero-order valence-electron chi connectivity index (χ0n) is 14.4. The number of hydrogen-bond donors (Lipinski definition) is 2. The molecule has 1 aromatic heterocycles. The van der Waals surface area contributed by atoms with Gasteiger partial charge in [0, 0.05) is 24.5 Å². The first kappa shape index (κ1) is 16.7. The topological polar surface area (TPSA) is 84.1 Å². The highest BCUT2D eigenvalue weighted by Crippen LogP contribution is 2.23. The average molecular weight is 335 g/mol. The van der Waals surface area contributed by atoms with Crippen LogP contribution in [0.25, 0.3) is 11.0 Å². The predicted octanol–water partition coefficient (Wildman–Crippen LogP) is 3.32. The van der Waals surface area contributed by atoms with Gasteiger partial charge in [0.15, 0.2) is 11.5 Å². The van der Waals surface area contributed by atoms with Gasteiger partial charge in [-0.3, -0.25) is 4.79 Å². The Morgan fingerprint density at radius 3 is 2.16 bits per heavy atom. The maximum absolute atomic E-state index is 11.7. The second kappa shape index (κ2) is 7.17. The number of rotatable bonds is 6. The number of nitrogens with zero attached hydrogens (tertiary/aromatic N) is 3. The number of amides is 1. The van der Waals surface area contributed by atoms with Gasteiger partial charge in [0.25, 0.3) is 5.91 Å². The lowest BCUT2D eigenvalue weighted by Gasteiger charge is -2.21. The fourth-order valence-corrected chi connectivity index (χ4v) is 2.74. The number of hydrogen-bond acceptors (Lipinski definition) is 5. The van der Waals surface area contributed by atoms with Crippen LogP contribution in [0.3, 0.4) is 0 Å². The number of carbonyl (C=O) groups excluding carboxylic acids is 1. The SMILES string of the molecule is CCN(CC)c1ccc(Nc2nc3ccccc3nc2C(N)=O)cc1. The third kappa shape index (κ3) is 3.52. The summed E-state index contributed by atoms with van der Waals surface area (Å²) in [6.45, 7) is 6.15. The molecule has 3 aromatic rings. The standard InChI is InChI=1S/C19H21N5O/c1-3-24(4-2)14-11-9-13(10-12-14)21-19-17(18(20)25)22-15-7-5-6-8-16(15)23-19/h5-12H,3-4H2,1-2H3,(H2,20,25)(H,21,23). The summed E-state index contributed by atoms with van der Waals surface area (Å²) in [5.41, 5.74) is 8.91. The van der Waals surface area contributed by atoms with Crippen molar-refractivity contribution in [1.29, 1.82) is 0 Å². The van der Waals surface area contributed by atoms with Crippen molar-refractivity contribution in [2.24, 2.45) is 5.73 Å². The minimum absolute atomic E-state index is 0.131. The summed E-state index contributed by atoms with van der Waals surface area (Å²) in [4.78, 5) is 22.8. The molecule has 3 rings (SSSR count). The zero-order chi connectivity index (χ0) is 17.8. The second-order valence-electron chi connectivity index (χ2n) is 5.62. The molecule has 0 bridgehead atoms. The first-order chi connectivity index (χ1) is 12.1. The van der Waals surface area contributed by atoms with Gasteiger partial charge in [-0.2, -0.15) is 0 Å². The van der Waals surface area contributed by atoms with Crippen LogP contribution in [0.5, 0.6) is 0 Å². The number of benzene rings is 2. The van der Waals surface area contributed by atoms with Gasteiger partial charge in [0.1, 0.15) is 0 Å². The van der Waals surface area contributed by atoms with Gasteiger partial charge < -0.3 is 16.0 Å². The average Bonchev–Trinajstić information content (AvgIpc) is 2.63. The van der Waals surface area contributed by atoms with Crippen LogP contribution in [0.4, 0.5) is 17.2 Å². The van der Waals surface area contributed by atoms with E-state index < -0.39 is 5.91 Å². The van der Waals surface area contributed by atoms with Gasteiger partial charge in [-0.15, -0.1) is 0 Å². The van der Waals surface area contributed by atoms with Crippen LogP contribution >= 0.6 is 0 Å². The number of aromatic nitrogens is 2. The molecule has 0 saturated heterocycles. The Labute approximate surface area is 146 Å². The molecule has 1 amide bonds. The van der Waals surface area contributed by atoms with Gasteiger partial charge >= 0.3 is 0 Å². The summed E-state index contributed by atoms with van der Waals surface area (Å²) in [5, 5.41) is 3.16. The highest BCUT2D eigenvalue weighted by atomic mass is 16.1. The number of primary amides is 1. The Balaban J connectivity index is 1.94. The van der Waals surface area contributed by atoms with Gasteiger partial charge in [-0.1, -0.05) is 12.1 Å². The highest BCUT2D eigenvalue weighted by Gasteiger charge is 2.14. The van der Waals surface area contributed by atoms with Crippen LogP contribution in [0.15, 0.2) is 48.5 Å². The van der Waals surface area contributed by atoms with Crippen LogP contribution in [0, 0.1) is 0 Å². The number of anilines is 3. The van der Waals surface area contributed by atoms with Crippen LogP contribution in [0.2, 0.25) is 0 Å². The first-order valence-corrected chi connectivity index (χ1v) is 8.31. The lowest BCUT2D eigenvalue weighted by molar-refractivity contribution is 0.0996. The molecule has 3 N–H and O–H groups in total. The molecule has 0 atom stereocenters. The Bertz CT molecular complexity index is 888. The normalized spacial score (nSPS) is 10.6. The first-order valence-electron chi connectivity index (χ1n) is 8.31. The molecule has 1 heterocycles. The molecule has 128 valence electrons. The van der Waals surface area contributed by atoms with E-state index in [4.69, 9.17) is 5.73 Å². The summed E-state index contributed by atoms with van der Waals surface area (Å²) in [6.07, 6.45) is 0. The Morgan fingerprint density at radius 2 is 1.60 bits per heavy atom. The molecule has 6 heteroatoms. The van der Waals surface area contributed by atoms with E-state index in [9.17, 15) is 4.79 Å². The molecule has 25 heavy (non-hydrogen) atoms. The summed E-state index contributed by atoms with van der Waals surface area (Å²) in [7, 11) is 0. The molecular formula is C19H21N5O. The van der Waals surface area contributed by atoms with Crippen LogP contribution in [-0.4, -0.2) is 29.0 Å². The number of nitrogens with two attached hydrogens (primary N) is 1. The zero-order valence-corrected chi connectivity index (χ0v) is 14.4. The molecule has 2 aromatic carbocycles. The smallest absolute Gasteiger partial charge is 0.271 e. The fraction of sp³-hybridized carbons (Fsp3) is 0.211. The summed E-state index contributed by atoms with van der Waals surface area (Å²) in [5.74, 6) is -0.248. The minimum atomic E-state index is -0.611. The molecule has 0 aliphatic carbocycles. The summed E-state index contributed by atoms with van der Waals surface area (Å²) in [6, 6.07) is 15.4. The number of carbonyl (C=O) groups is 1. The molecule has 0 radical (unpaired) electrons. The van der Waals surface area contributed by atoms with Gasteiger partial charge in [0.05, 0.1) is 11.0 Å². The monoisotopic (exact) mass is 335 g/mol. The van der Waals surface area contributed by atoms with Crippen molar-refractivity contribution in [2.45, 2.75) is 13.8 Å². The second-order valence-corrected chi connectivity index (χ2v) is 5.62. The number of fused-ring (bicyclic) bond motifs is 1. The van der Waals surface area contributed by atoms with E-state index in [0.717, 1.165) is 24.5 Å². The maximum atomic E-state index is 11.7. The van der Waals surface area contributed by atoms with Crippen molar-refractivity contribution in [1.82, 2.24) is 9.97 Å². The van der Waals surface area contributed by atoms with E-state index in [1.165, 1.54) is 0 Å². The highest BCUT2D eigenvalue weighted by molar-refractivity contribution is 5.98. The number of para-hydroxylation sites is 2. The van der Waals surface area contributed by atoms with Gasteiger partial charge in [-0.05, 0) is 50.2 Å². The minimum Gasteiger partial charge on any atom is -0.372 e. The van der Waals surface area contributed by atoms with Crippen molar-refractivity contribution in [2.75, 3.05) is 23.3 Å². The van der Waals surface area contributed by atoms with Crippen LogP contribution in [0.1, 0.15) is 24.3 Å². The molecule has 0 saturated carbocycles. The number of nitrogens with one attached hydrogen (secondary N) is 1. The predicted molar refractivity (Wildman–Crippen MR) is 101 cm³/mol. The molecular weight excluding hydrogens is 314 g/mol. The molecule has 0 spiro atoms. The van der Waals surface area contributed by atoms with Crippen molar-refractivity contribution in [3.63, 3.8) is 0 Å². The molecule has 0 aliphatic rings. The van der Waals surface area contributed by atoms with Gasteiger partial charge in [0.2, 0.25) is 0 Å². The Morgan fingerprint density at radius 1 is 1.00 bits per heavy atom. The van der Waals surface area contributed by atoms with Crippen molar-refractivity contribution in [3.05, 3.63) is 54.2 Å². The van der Waals surface area contributed by atoms with E-state index in [2.05, 4.69) is 34.0 Å². The quantitative estimate of drug-likeness (QED) is 0.722. The molecule has 0 unspecified atom stereocenters. The largest absolute Gasteiger partial charge is 0.372 e. The lowest BCUT2D eigenvalue weighted by atomic mass is 10.2.